The first-order chi connectivity index (χ1) is 13.0. The van der Waals surface area contributed by atoms with Crippen molar-refractivity contribution in [2.75, 3.05) is 5.32 Å². The molecule has 0 saturated heterocycles. The number of nitrogens with zero attached hydrogens (tertiary/aromatic N) is 1. The summed E-state index contributed by atoms with van der Waals surface area (Å²) in [5, 5.41) is 2.52. The van der Waals surface area contributed by atoms with Gasteiger partial charge in [0.15, 0.2) is 11.7 Å². The summed E-state index contributed by atoms with van der Waals surface area (Å²) in [6.07, 6.45) is 1.74. The Morgan fingerprint density at radius 2 is 1.89 bits per heavy atom. The minimum atomic E-state index is -2.99. The number of oxazole rings is 1. The third-order valence-corrected chi connectivity index (χ3v) is 3.63. The van der Waals surface area contributed by atoms with Crippen molar-refractivity contribution < 1.29 is 27.1 Å². The standard InChI is InChI=1S/C19H15F3N2O3/c20-13-7-5-12(6-8-13)16-11-23-18(26-16)10-9-17(25)24-14-3-1-2-4-15(14)27-19(21)22/h1-8,11,19H,9-10H2,(H,24,25). The first kappa shape index (κ1) is 18.5. The summed E-state index contributed by atoms with van der Waals surface area (Å²) in [6.45, 7) is -2.99. The van der Waals surface area contributed by atoms with E-state index in [0.717, 1.165) is 0 Å². The highest BCUT2D eigenvalue weighted by atomic mass is 19.3. The summed E-state index contributed by atoms with van der Waals surface area (Å²) in [5.74, 6) is -0.0774. The number of rotatable bonds is 7. The number of hydrogen-bond acceptors (Lipinski definition) is 4. The Kier molecular flexibility index (Phi) is 5.75. The van der Waals surface area contributed by atoms with E-state index in [9.17, 15) is 18.0 Å². The number of aryl methyl sites for hydroxylation is 1. The van der Waals surface area contributed by atoms with Crippen molar-refractivity contribution in [3.63, 3.8) is 0 Å². The van der Waals surface area contributed by atoms with Crippen LogP contribution in [0.2, 0.25) is 0 Å². The van der Waals surface area contributed by atoms with E-state index < -0.39 is 12.5 Å². The molecule has 1 amide bonds. The first-order valence-electron chi connectivity index (χ1n) is 8.05. The molecule has 1 N–H and O–H groups in total. The van der Waals surface area contributed by atoms with Gasteiger partial charge in [0.1, 0.15) is 11.6 Å². The molecule has 3 aromatic rings. The largest absolute Gasteiger partial charge is 0.441 e. The Labute approximate surface area is 152 Å². The molecule has 27 heavy (non-hydrogen) atoms. The zero-order valence-electron chi connectivity index (χ0n) is 14.0. The number of ether oxygens (including phenoxy) is 1. The lowest BCUT2D eigenvalue weighted by Gasteiger charge is -2.11. The van der Waals surface area contributed by atoms with E-state index in [1.165, 1.54) is 36.5 Å². The molecule has 0 aliphatic carbocycles. The number of carbonyl (C=O) groups is 1. The Balaban J connectivity index is 1.58. The van der Waals surface area contributed by atoms with Crippen molar-refractivity contribution in [2.45, 2.75) is 19.5 Å². The smallest absolute Gasteiger partial charge is 0.387 e. The maximum atomic E-state index is 13.0. The third-order valence-electron chi connectivity index (χ3n) is 3.63. The van der Waals surface area contributed by atoms with Gasteiger partial charge in [0.25, 0.3) is 0 Å². The molecule has 3 rings (SSSR count). The number of halogens is 3. The zero-order chi connectivity index (χ0) is 19.2. The van der Waals surface area contributed by atoms with E-state index in [1.807, 2.05) is 0 Å². The fraction of sp³-hybridized carbons (Fsp3) is 0.158. The minimum Gasteiger partial charge on any atom is -0.441 e. The Bertz CT molecular complexity index is 911. The highest BCUT2D eigenvalue weighted by Gasteiger charge is 2.13. The van der Waals surface area contributed by atoms with Gasteiger partial charge >= 0.3 is 6.61 Å². The van der Waals surface area contributed by atoms with Gasteiger partial charge in [-0.15, -0.1) is 0 Å². The fourth-order valence-electron chi connectivity index (χ4n) is 2.38. The molecule has 0 fully saturated rings. The summed E-state index contributed by atoms with van der Waals surface area (Å²) < 4.78 is 47.7. The quantitative estimate of drug-likeness (QED) is 0.652. The lowest BCUT2D eigenvalue weighted by Crippen LogP contribution is -2.14. The molecule has 0 spiro atoms. The van der Waals surface area contributed by atoms with Crippen LogP contribution in [-0.2, 0) is 11.2 Å². The normalized spacial score (nSPS) is 10.8. The minimum absolute atomic E-state index is 0.0341. The molecular formula is C19H15F3N2O3. The van der Waals surface area contributed by atoms with Gasteiger partial charge in [0.2, 0.25) is 5.91 Å². The van der Waals surface area contributed by atoms with Crippen LogP contribution in [0.1, 0.15) is 12.3 Å². The predicted molar refractivity (Wildman–Crippen MR) is 91.9 cm³/mol. The summed E-state index contributed by atoms with van der Waals surface area (Å²) in [7, 11) is 0. The zero-order valence-corrected chi connectivity index (χ0v) is 14.0. The molecule has 0 atom stereocenters. The lowest BCUT2D eigenvalue weighted by atomic mass is 10.2. The molecule has 1 aromatic heterocycles. The molecule has 1 heterocycles. The maximum Gasteiger partial charge on any atom is 0.387 e. The van der Waals surface area contributed by atoms with Gasteiger partial charge < -0.3 is 14.5 Å². The highest BCUT2D eigenvalue weighted by Crippen LogP contribution is 2.26. The fourth-order valence-corrected chi connectivity index (χ4v) is 2.38. The number of alkyl halides is 2. The van der Waals surface area contributed by atoms with Crippen LogP contribution in [0.4, 0.5) is 18.9 Å². The van der Waals surface area contributed by atoms with E-state index in [0.29, 0.717) is 17.2 Å². The lowest BCUT2D eigenvalue weighted by molar-refractivity contribution is -0.116. The van der Waals surface area contributed by atoms with Crippen molar-refractivity contribution in [1.29, 1.82) is 0 Å². The molecule has 0 unspecified atom stereocenters. The average Bonchev–Trinajstić information content (AvgIpc) is 3.11. The van der Waals surface area contributed by atoms with E-state index in [2.05, 4.69) is 15.0 Å². The molecule has 0 radical (unpaired) electrons. The van der Waals surface area contributed by atoms with Crippen LogP contribution >= 0.6 is 0 Å². The van der Waals surface area contributed by atoms with Gasteiger partial charge in [-0.1, -0.05) is 12.1 Å². The Morgan fingerprint density at radius 3 is 2.63 bits per heavy atom. The van der Waals surface area contributed by atoms with E-state index >= 15 is 0 Å². The van der Waals surface area contributed by atoms with Crippen molar-refractivity contribution in [2.24, 2.45) is 0 Å². The number of benzene rings is 2. The number of anilines is 1. The summed E-state index contributed by atoms with van der Waals surface area (Å²) in [5.41, 5.74) is 0.819. The molecule has 0 aliphatic rings. The number of amides is 1. The molecule has 0 aliphatic heterocycles. The summed E-state index contributed by atoms with van der Waals surface area (Å²) >= 11 is 0. The SMILES string of the molecule is O=C(CCc1ncc(-c2ccc(F)cc2)o1)Nc1ccccc1OC(F)F. The molecule has 140 valence electrons. The van der Waals surface area contributed by atoms with E-state index in [-0.39, 0.29) is 30.1 Å². The topological polar surface area (TPSA) is 64.4 Å². The molecule has 0 saturated carbocycles. The Morgan fingerprint density at radius 1 is 1.15 bits per heavy atom. The first-order valence-corrected chi connectivity index (χ1v) is 8.05. The predicted octanol–water partition coefficient (Wildman–Crippen LogP) is 4.65. The molecule has 0 bridgehead atoms. The molecule has 5 nitrogen and oxygen atoms in total. The van der Waals surface area contributed by atoms with Crippen molar-refractivity contribution in [3.8, 4) is 17.1 Å². The van der Waals surface area contributed by atoms with Crippen LogP contribution in [0, 0.1) is 5.82 Å². The highest BCUT2D eigenvalue weighted by molar-refractivity contribution is 5.92. The van der Waals surface area contributed by atoms with E-state index in [4.69, 9.17) is 4.42 Å². The van der Waals surface area contributed by atoms with Crippen LogP contribution in [0.25, 0.3) is 11.3 Å². The molecular weight excluding hydrogens is 361 g/mol. The number of para-hydroxylation sites is 2. The van der Waals surface area contributed by atoms with Gasteiger partial charge in [0, 0.05) is 18.4 Å². The van der Waals surface area contributed by atoms with Gasteiger partial charge in [0.05, 0.1) is 11.9 Å². The average molecular weight is 376 g/mol. The van der Waals surface area contributed by atoms with Crippen LogP contribution < -0.4 is 10.1 Å². The van der Waals surface area contributed by atoms with Gasteiger partial charge in [-0.05, 0) is 36.4 Å². The summed E-state index contributed by atoms with van der Waals surface area (Å²) in [6, 6.07) is 11.7. The Hall–Kier alpha value is -3.29. The number of aromatic nitrogens is 1. The number of carbonyl (C=O) groups excluding carboxylic acids is 1. The molecule has 2 aromatic carbocycles. The summed E-state index contributed by atoms with van der Waals surface area (Å²) in [4.78, 5) is 16.2. The van der Waals surface area contributed by atoms with Crippen LogP contribution in [0.15, 0.2) is 59.1 Å². The maximum absolute atomic E-state index is 13.0. The van der Waals surface area contributed by atoms with Crippen LogP contribution in [0.5, 0.6) is 5.75 Å². The van der Waals surface area contributed by atoms with Crippen LogP contribution in [0.3, 0.4) is 0 Å². The van der Waals surface area contributed by atoms with Gasteiger partial charge in [-0.2, -0.15) is 8.78 Å². The third kappa shape index (κ3) is 5.10. The van der Waals surface area contributed by atoms with Crippen molar-refractivity contribution >= 4 is 11.6 Å². The number of hydrogen-bond donors (Lipinski definition) is 1. The number of nitrogens with one attached hydrogen (secondary N) is 1. The van der Waals surface area contributed by atoms with Gasteiger partial charge in [-0.3, -0.25) is 4.79 Å². The van der Waals surface area contributed by atoms with Crippen LogP contribution in [-0.4, -0.2) is 17.5 Å². The van der Waals surface area contributed by atoms with Crippen molar-refractivity contribution in [3.05, 3.63) is 66.4 Å². The second kappa shape index (κ2) is 8.39. The second-order valence-corrected chi connectivity index (χ2v) is 5.55. The molecule has 8 heteroatoms. The van der Waals surface area contributed by atoms with E-state index in [1.54, 1.807) is 18.2 Å². The second-order valence-electron chi connectivity index (χ2n) is 5.55. The van der Waals surface area contributed by atoms with Crippen molar-refractivity contribution in [1.82, 2.24) is 4.98 Å². The van der Waals surface area contributed by atoms with Gasteiger partial charge in [-0.25, -0.2) is 9.37 Å². The monoisotopic (exact) mass is 376 g/mol.